The Morgan fingerprint density at radius 3 is 1.40 bits per heavy atom. The van der Waals surface area contributed by atoms with Crippen molar-refractivity contribution in [3.05, 3.63) is 0 Å². The van der Waals surface area contributed by atoms with Gasteiger partial charge in [-0.25, -0.2) is 0 Å². The second-order valence-electron chi connectivity index (χ2n) is 6.22. The smallest absolute Gasteiger partial charge is 0.0710 e. The van der Waals surface area contributed by atoms with Crippen LogP contribution in [0.25, 0.3) is 0 Å². The van der Waals surface area contributed by atoms with E-state index in [1.165, 1.54) is 0 Å². The zero-order chi connectivity index (χ0) is 12.7. The van der Waals surface area contributed by atoms with Crippen LogP contribution >= 0.6 is 0 Å². The fourth-order valence-electron chi connectivity index (χ4n) is 0.787. The number of aliphatic hydroxyl groups excluding tert-OH is 1. The molecular formula is C12H30N2O. The third kappa shape index (κ3) is 13.9. The Bertz CT molecular complexity index is 145. The fraction of sp³-hybridized carbons (Fsp3) is 1.00. The predicted octanol–water partition coefficient (Wildman–Crippen LogP) is 1.73. The average Bonchev–Trinajstić information content (AvgIpc) is 2.00. The average molecular weight is 218 g/mol. The lowest BCUT2D eigenvalue weighted by atomic mass is 9.89. The molecule has 0 aliphatic heterocycles. The van der Waals surface area contributed by atoms with Gasteiger partial charge < -0.3 is 16.6 Å². The van der Waals surface area contributed by atoms with Gasteiger partial charge in [0.05, 0.1) is 6.10 Å². The van der Waals surface area contributed by atoms with Crippen LogP contribution in [0.15, 0.2) is 0 Å². The Kier molecular flexibility index (Phi) is 8.30. The monoisotopic (exact) mass is 218 g/mol. The molecule has 0 fully saturated rings. The van der Waals surface area contributed by atoms with Crippen LogP contribution in [0.3, 0.4) is 0 Å². The predicted molar refractivity (Wildman–Crippen MR) is 67.6 cm³/mol. The van der Waals surface area contributed by atoms with E-state index in [1.54, 1.807) is 0 Å². The van der Waals surface area contributed by atoms with Crippen LogP contribution in [0.4, 0.5) is 0 Å². The van der Waals surface area contributed by atoms with E-state index in [9.17, 15) is 0 Å². The van der Waals surface area contributed by atoms with Crippen LogP contribution in [0, 0.1) is 10.8 Å². The molecule has 3 nitrogen and oxygen atoms in total. The molecule has 1 atom stereocenters. The maximum Gasteiger partial charge on any atom is 0.0710 e. The molecule has 0 aromatic rings. The van der Waals surface area contributed by atoms with Gasteiger partial charge in [0.2, 0.25) is 0 Å². The van der Waals surface area contributed by atoms with Crippen LogP contribution in [0.5, 0.6) is 0 Å². The van der Waals surface area contributed by atoms with Crippen molar-refractivity contribution < 1.29 is 5.11 Å². The minimum atomic E-state index is -0.373. The second kappa shape index (κ2) is 7.20. The summed E-state index contributed by atoms with van der Waals surface area (Å²) in [7, 11) is 0. The molecular weight excluding hydrogens is 188 g/mol. The molecule has 0 saturated carbocycles. The summed E-state index contributed by atoms with van der Waals surface area (Å²) in [6.07, 6.45) is 0.745. The summed E-state index contributed by atoms with van der Waals surface area (Å²) in [4.78, 5) is 0. The van der Waals surface area contributed by atoms with Gasteiger partial charge in [-0.2, -0.15) is 0 Å². The van der Waals surface area contributed by atoms with E-state index in [-0.39, 0.29) is 11.5 Å². The van der Waals surface area contributed by atoms with Gasteiger partial charge in [-0.3, -0.25) is 0 Å². The number of hydrogen-bond donors (Lipinski definition) is 3. The normalized spacial score (nSPS) is 14.2. The molecule has 0 amide bonds. The van der Waals surface area contributed by atoms with E-state index in [0.717, 1.165) is 13.0 Å². The lowest BCUT2D eigenvalue weighted by Crippen LogP contribution is -2.33. The van der Waals surface area contributed by atoms with Gasteiger partial charge in [0.15, 0.2) is 0 Å². The van der Waals surface area contributed by atoms with Crippen LogP contribution in [-0.2, 0) is 0 Å². The molecule has 0 saturated heterocycles. The quantitative estimate of drug-likeness (QED) is 0.661. The van der Waals surface area contributed by atoms with Gasteiger partial charge >= 0.3 is 0 Å². The molecule has 3 heteroatoms. The van der Waals surface area contributed by atoms with E-state index < -0.39 is 0 Å². The van der Waals surface area contributed by atoms with E-state index in [4.69, 9.17) is 16.6 Å². The largest absolute Gasteiger partial charge is 0.391 e. The van der Waals surface area contributed by atoms with Crippen LogP contribution in [0.2, 0.25) is 0 Å². The zero-order valence-corrected chi connectivity index (χ0v) is 11.3. The SMILES string of the molecule is CC(C)(C)C(O)CN.CC(C)(C)CCN. The van der Waals surface area contributed by atoms with Crippen LogP contribution in [0.1, 0.15) is 48.0 Å². The lowest BCUT2D eigenvalue weighted by Gasteiger charge is -2.23. The van der Waals surface area contributed by atoms with Crippen LogP contribution < -0.4 is 11.5 Å². The highest BCUT2D eigenvalue weighted by Gasteiger charge is 2.19. The van der Waals surface area contributed by atoms with Crippen molar-refractivity contribution in [3.63, 3.8) is 0 Å². The number of nitrogens with two attached hydrogens (primary N) is 2. The molecule has 0 spiro atoms. The van der Waals surface area contributed by atoms with Gasteiger partial charge in [0, 0.05) is 6.54 Å². The van der Waals surface area contributed by atoms with Crippen molar-refractivity contribution in [3.8, 4) is 0 Å². The summed E-state index contributed by atoms with van der Waals surface area (Å²) in [5.41, 5.74) is 10.9. The van der Waals surface area contributed by atoms with Crippen molar-refractivity contribution in [1.82, 2.24) is 0 Å². The number of aliphatic hydroxyl groups is 1. The molecule has 0 aromatic heterocycles. The second-order valence-corrected chi connectivity index (χ2v) is 6.22. The molecule has 0 bridgehead atoms. The molecule has 0 aromatic carbocycles. The molecule has 0 aliphatic rings. The molecule has 0 aliphatic carbocycles. The first kappa shape index (κ1) is 17.3. The Labute approximate surface area is 95.2 Å². The van der Waals surface area contributed by atoms with Crippen molar-refractivity contribution in [2.24, 2.45) is 22.3 Å². The Morgan fingerprint density at radius 1 is 1.00 bits per heavy atom. The highest BCUT2D eigenvalue weighted by Crippen LogP contribution is 2.17. The zero-order valence-electron chi connectivity index (χ0n) is 11.3. The van der Waals surface area contributed by atoms with Crippen molar-refractivity contribution in [1.29, 1.82) is 0 Å². The minimum Gasteiger partial charge on any atom is -0.391 e. The highest BCUT2D eigenvalue weighted by molar-refractivity contribution is 4.72. The van der Waals surface area contributed by atoms with Gasteiger partial charge in [0.25, 0.3) is 0 Å². The minimum absolute atomic E-state index is 0.0608. The van der Waals surface area contributed by atoms with E-state index in [2.05, 4.69) is 20.8 Å². The summed E-state index contributed by atoms with van der Waals surface area (Å²) < 4.78 is 0. The van der Waals surface area contributed by atoms with Gasteiger partial charge in [-0.05, 0) is 23.8 Å². The molecule has 1 unspecified atom stereocenters. The summed E-state index contributed by atoms with van der Waals surface area (Å²) in [6.45, 7) is 13.6. The fourth-order valence-corrected chi connectivity index (χ4v) is 0.787. The first-order valence-electron chi connectivity index (χ1n) is 5.63. The molecule has 15 heavy (non-hydrogen) atoms. The topological polar surface area (TPSA) is 72.3 Å². The Morgan fingerprint density at radius 2 is 1.40 bits per heavy atom. The van der Waals surface area contributed by atoms with Crippen molar-refractivity contribution in [2.75, 3.05) is 13.1 Å². The van der Waals surface area contributed by atoms with Crippen molar-refractivity contribution in [2.45, 2.75) is 54.1 Å². The maximum atomic E-state index is 9.07. The molecule has 94 valence electrons. The maximum absolute atomic E-state index is 9.07. The molecule has 0 heterocycles. The summed E-state index contributed by atoms with van der Waals surface area (Å²) in [5.74, 6) is 0. The van der Waals surface area contributed by atoms with Gasteiger partial charge in [0.1, 0.15) is 0 Å². The third-order valence-corrected chi connectivity index (χ3v) is 2.12. The van der Waals surface area contributed by atoms with Gasteiger partial charge in [-0.1, -0.05) is 41.5 Å². The molecule has 0 rings (SSSR count). The Balaban J connectivity index is 0. The van der Waals surface area contributed by atoms with E-state index in [1.807, 2.05) is 20.8 Å². The van der Waals surface area contributed by atoms with E-state index >= 15 is 0 Å². The first-order valence-corrected chi connectivity index (χ1v) is 5.63. The third-order valence-electron chi connectivity index (χ3n) is 2.12. The number of rotatable bonds is 2. The standard InChI is InChI=1S/C6H15NO.C6H15N/c1-6(2,3)5(8)4-7;1-6(2,3)4-5-7/h5,8H,4,7H2,1-3H3;4-5,7H2,1-3H3. The van der Waals surface area contributed by atoms with Crippen molar-refractivity contribution >= 4 is 0 Å². The summed E-state index contributed by atoms with van der Waals surface area (Å²) in [5, 5.41) is 9.07. The van der Waals surface area contributed by atoms with Crippen LogP contribution in [-0.4, -0.2) is 24.3 Å². The van der Waals surface area contributed by atoms with Gasteiger partial charge in [-0.15, -0.1) is 0 Å². The molecule has 5 N–H and O–H groups in total. The lowest BCUT2D eigenvalue weighted by molar-refractivity contribution is 0.0709. The van der Waals surface area contributed by atoms with E-state index in [0.29, 0.717) is 12.0 Å². The summed E-state index contributed by atoms with van der Waals surface area (Å²) >= 11 is 0. The highest BCUT2D eigenvalue weighted by atomic mass is 16.3. The molecule has 0 radical (unpaired) electrons. The summed E-state index contributed by atoms with van der Waals surface area (Å²) in [6, 6.07) is 0. The number of hydrogen-bond acceptors (Lipinski definition) is 3. The Hall–Kier alpha value is -0.120. The first-order chi connectivity index (χ1) is 6.54.